The van der Waals surface area contributed by atoms with Crippen molar-refractivity contribution < 1.29 is 14.3 Å². The van der Waals surface area contributed by atoms with Crippen LogP contribution in [0.3, 0.4) is 0 Å². The fourth-order valence-electron chi connectivity index (χ4n) is 2.42. The maximum absolute atomic E-state index is 12.1. The van der Waals surface area contributed by atoms with Crippen LogP contribution in [0.4, 0.5) is 10.5 Å². The number of pyridine rings is 1. The molecule has 0 aliphatic rings. The SMILES string of the molecule is COc1ccc2c(c1)c(NC(=O)OC(C)(C)C)cc1n[nH]c(=O)n12. The summed E-state index contributed by atoms with van der Waals surface area (Å²) in [6.45, 7) is 5.35. The molecule has 0 saturated heterocycles. The average Bonchev–Trinajstić information content (AvgIpc) is 2.86. The van der Waals surface area contributed by atoms with Gasteiger partial charge in [0.05, 0.1) is 18.3 Å². The number of nitrogens with one attached hydrogen (secondary N) is 2. The number of benzene rings is 1. The van der Waals surface area contributed by atoms with Gasteiger partial charge in [-0.05, 0) is 39.0 Å². The predicted octanol–water partition coefficient (Wildman–Crippen LogP) is 2.53. The summed E-state index contributed by atoms with van der Waals surface area (Å²) in [7, 11) is 1.55. The molecule has 126 valence electrons. The number of ether oxygens (including phenoxy) is 2. The molecule has 8 heteroatoms. The van der Waals surface area contributed by atoms with Crippen LogP contribution in [-0.4, -0.2) is 33.4 Å². The molecular formula is C16H18N4O4. The lowest BCUT2D eigenvalue weighted by Gasteiger charge is -2.20. The quantitative estimate of drug-likeness (QED) is 0.752. The second-order valence-corrected chi connectivity index (χ2v) is 6.29. The third-order valence-electron chi connectivity index (χ3n) is 3.34. The Morgan fingerprint density at radius 3 is 2.71 bits per heavy atom. The largest absolute Gasteiger partial charge is 0.497 e. The van der Waals surface area contributed by atoms with Crippen LogP contribution in [0.25, 0.3) is 16.6 Å². The highest BCUT2D eigenvalue weighted by atomic mass is 16.6. The molecule has 0 aliphatic heterocycles. The zero-order chi connectivity index (χ0) is 17.5. The monoisotopic (exact) mass is 330 g/mol. The summed E-state index contributed by atoms with van der Waals surface area (Å²) < 4.78 is 11.9. The molecule has 2 aromatic heterocycles. The highest BCUT2D eigenvalue weighted by Gasteiger charge is 2.18. The van der Waals surface area contributed by atoms with Gasteiger partial charge in [-0.3, -0.25) is 5.32 Å². The minimum Gasteiger partial charge on any atom is -0.497 e. The number of methoxy groups -OCH3 is 1. The van der Waals surface area contributed by atoms with Crippen LogP contribution in [0.1, 0.15) is 20.8 Å². The van der Waals surface area contributed by atoms with Crippen LogP contribution in [0.5, 0.6) is 5.75 Å². The molecule has 0 atom stereocenters. The summed E-state index contributed by atoms with van der Waals surface area (Å²) in [4.78, 5) is 24.1. The first-order chi connectivity index (χ1) is 11.3. The van der Waals surface area contributed by atoms with E-state index in [2.05, 4.69) is 15.5 Å². The number of amides is 1. The first-order valence-electron chi connectivity index (χ1n) is 7.36. The fraction of sp³-hybridized carbons (Fsp3) is 0.312. The van der Waals surface area contributed by atoms with Gasteiger partial charge in [-0.2, -0.15) is 5.10 Å². The second kappa shape index (κ2) is 5.55. The third-order valence-corrected chi connectivity index (χ3v) is 3.34. The molecule has 2 N–H and O–H groups in total. The highest BCUT2D eigenvalue weighted by molar-refractivity contribution is 6.01. The smallest absolute Gasteiger partial charge is 0.412 e. The van der Waals surface area contributed by atoms with E-state index in [1.807, 2.05) is 0 Å². The summed E-state index contributed by atoms with van der Waals surface area (Å²) in [6, 6.07) is 6.81. The summed E-state index contributed by atoms with van der Waals surface area (Å²) in [5, 5.41) is 9.70. The number of anilines is 1. The number of nitrogens with zero attached hydrogens (tertiary/aromatic N) is 2. The lowest BCUT2D eigenvalue weighted by atomic mass is 10.1. The van der Waals surface area contributed by atoms with Crippen molar-refractivity contribution in [3.63, 3.8) is 0 Å². The van der Waals surface area contributed by atoms with Gasteiger partial charge < -0.3 is 9.47 Å². The standard InChI is InChI=1S/C16H18N4O4/c1-16(2,3)24-15(22)17-11-8-13-18-19-14(21)20(13)12-6-5-9(23-4)7-10(11)12/h5-8H,1-4H3,(H,17,22)(H,19,21). The Balaban J connectivity index is 2.17. The topological polar surface area (TPSA) is 97.7 Å². The third kappa shape index (κ3) is 2.90. The number of H-pyrrole nitrogens is 1. The molecule has 8 nitrogen and oxygen atoms in total. The van der Waals surface area contributed by atoms with Crippen LogP contribution >= 0.6 is 0 Å². The van der Waals surface area contributed by atoms with E-state index < -0.39 is 11.7 Å². The number of carbonyl (C=O) groups excluding carboxylic acids is 1. The van der Waals surface area contributed by atoms with Crippen LogP contribution in [0, 0.1) is 0 Å². The van der Waals surface area contributed by atoms with Gasteiger partial charge in [0, 0.05) is 11.5 Å². The first kappa shape index (κ1) is 15.9. The van der Waals surface area contributed by atoms with E-state index in [-0.39, 0.29) is 5.69 Å². The van der Waals surface area contributed by atoms with Crippen molar-refractivity contribution in [3.05, 3.63) is 34.7 Å². The normalized spacial score (nSPS) is 11.7. The van der Waals surface area contributed by atoms with Crippen molar-refractivity contribution in [2.24, 2.45) is 0 Å². The number of hydrogen-bond donors (Lipinski definition) is 2. The molecule has 2 heterocycles. The van der Waals surface area contributed by atoms with Crippen LogP contribution in [0.15, 0.2) is 29.1 Å². The van der Waals surface area contributed by atoms with E-state index in [0.29, 0.717) is 28.0 Å². The van der Waals surface area contributed by atoms with E-state index in [0.717, 1.165) is 0 Å². The molecule has 24 heavy (non-hydrogen) atoms. The first-order valence-corrected chi connectivity index (χ1v) is 7.36. The lowest BCUT2D eigenvalue weighted by molar-refractivity contribution is 0.0636. The van der Waals surface area contributed by atoms with Gasteiger partial charge in [-0.15, -0.1) is 0 Å². The molecule has 1 amide bonds. The predicted molar refractivity (Wildman–Crippen MR) is 89.7 cm³/mol. The fourth-order valence-corrected chi connectivity index (χ4v) is 2.42. The number of rotatable bonds is 2. The Hall–Kier alpha value is -3.03. The lowest BCUT2D eigenvalue weighted by Crippen LogP contribution is -2.27. The van der Waals surface area contributed by atoms with Gasteiger partial charge in [0.15, 0.2) is 5.65 Å². The van der Waals surface area contributed by atoms with Gasteiger partial charge in [-0.1, -0.05) is 0 Å². The van der Waals surface area contributed by atoms with E-state index in [4.69, 9.17) is 9.47 Å². The van der Waals surface area contributed by atoms with Gasteiger partial charge in [-0.25, -0.2) is 19.1 Å². The molecule has 3 aromatic rings. The van der Waals surface area contributed by atoms with E-state index in [9.17, 15) is 9.59 Å². The van der Waals surface area contributed by atoms with Gasteiger partial charge >= 0.3 is 11.8 Å². The molecule has 0 radical (unpaired) electrons. The van der Waals surface area contributed by atoms with Gasteiger partial charge in [0.1, 0.15) is 11.4 Å². The maximum atomic E-state index is 12.1. The Bertz CT molecular complexity index is 981. The Labute approximate surface area is 137 Å². The molecule has 0 aliphatic carbocycles. The maximum Gasteiger partial charge on any atom is 0.412 e. The molecule has 0 bridgehead atoms. The zero-order valence-electron chi connectivity index (χ0n) is 13.8. The van der Waals surface area contributed by atoms with Crippen LogP contribution < -0.4 is 15.7 Å². The van der Waals surface area contributed by atoms with E-state index >= 15 is 0 Å². The minimum absolute atomic E-state index is 0.357. The second-order valence-electron chi connectivity index (χ2n) is 6.29. The minimum atomic E-state index is -0.620. The Morgan fingerprint density at radius 1 is 1.29 bits per heavy atom. The van der Waals surface area contributed by atoms with Crippen molar-refractivity contribution in [2.45, 2.75) is 26.4 Å². The number of carbonyl (C=O) groups is 1. The molecule has 1 aromatic carbocycles. The number of aromatic amines is 1. The molecule has 0 fully saturated rings. The Kier molecular flexibility index (Phi) is 3.67. The van der Waals surface area contributed by atoms with Crippen LogP contribution in [0.2, 0.25) is 0 Å². The van der Waals surface area contributed by atoms with E-state index in [1.165, 1.54) is 4.40 Å². The number of hydrogen-bond acceptors (Lipinski definition) is 5. The Morgan fingerprint density at radius 2 is 2.04 bits per heavy atom. The number of fused-ring (bicyclic) bond motifs is 3. The summed E-state index contributed by atoms with van der Waals surface area (Å²) >= 11 is 0. The molecule has 3 rings (SSSR count). The average molecular weight is 330 g/mol. The van der Waals surface area contributed by atoms with Crippen molar-refractivity contribution in [1.82, 2.24) is 14.6 Å². The van der Waals surface area contributed by atoms with Crippen LogP contribution in [-0.2, 0) is 4.74 Å². The summed E-state index contributed by atoms with van der Waals surface area (Å²) in [5.41, 5.74) is 0.487. The van der Waals surface area contributed by atoms with Crippen molar-refractivity contribution in [3.8, 4) is 5.75 Å². The molecule has 0 saturated carbocycles. The van der Waals surface area contributed by atoms with Crippen molar-refractivity contribution in [2.75, 3.05) is 12.4 Å². The molecular weight excluding hydrogens is 312 g/mol. The number of aromatic nitrogens is 3. The zero-order valence-corrected chi connectivity index (χ0v) is 13.8. The molecule has 0 unspecified atom stereocenters. The van der Waals surface area contributed by atoms with E-state index in [1.54, 1.807) is 52.1 Å². The van der Waals surface area contributed by atoms with Gasteiger partial charge in [0.25, 0.3) is 0 Å². The summed E-state index contributed by atoms with van der Waals surface area (Å²) in [5.74, 6) is 0.602. The molecule has 0 spiro atoms. The van der Waals surface area contributed by atoms with Crippen molar-refractivity contribution in [1.29, 1.82) is 0 Å². The van der Waals surface area contributed by atoms with Crippen molar-refractivity contribution >= 4 is 28.3 Å². The highest BCUT2D eigenvalue weighted by Crippen LogP contribution is 2.28. The summed E-state index contributed by atoms with van der Waals surface area (Å²) in [6.07, 6.45) is -0.589. The van der Waals surface area contributed by atoms with Gasteiger partial charge in [0.2, 0.25) is 0 Å².